The molecule has 1 N–H and O–H groups in total. The zero-order valence-electron chi connectivity index (χ0n) is 12.2. The minimum Gasteiger partial charge on any atom is -0.310 e. The number of hydrogen-bond donors (Lipinski definition) is 1. The van der Waals surface area contributed by atoms with E-state index in [1.807, 2.05) is 12.1 Å². The largest absolute Gasteiger partial charge is 0.310 e. The summed E-state index contributed by atoms with van der Waals surface area (Å²) in [7, 11) is 0. The molecule has 0 spiro atoms. The van der Waals surface area contributed by atoms with Crippen LogP contribution < -0.4 is 5.32 Å². The van der Waals surface area contributed by atoms with Crippen LogP contribution in [-0.4, -0.2) is 6.54 Å². The lowest BCUT2D eigenvalue weighted by Gasteiger charge is -2.20. The van der Waals surface area contributed by atoms with Crippen molar-refractivity contribution in [1.82, 2.24) is 5.32 Å². The van der Waals surface area contributed by atoms with Gasteiger partial charge in [0.1, 0.15) is 5.82 Å². The van der Waals surface area contributed by atoms with E-state index >= 15 is 0 Å². The van der Waals surface area contributed by atoms with Crippen molar-refractivity contribution in [3.63, 3.8) is 0 Å². The molecule has 0 radical (unpaired) electrons. The third-order valence-corrected chi connectivity index (χ3v) is 3.88. The first-order chi connectivity index (χ1) is 9.06. The van der Waals surface area contributed by atoms with Crippen molar-refractivity contribution in [2.24, 2.45) is 5.92 Å². The summed E-state index contributed by atoms with van der Waals surface area (Å²) in [6.45, 7) is 7.52. The highest BCUT2D eigenvalue weighted by molar-refractivity contribution is 9.10. The molecule has 1 rings (SSSR count). The molecule has 0 saturated heterocycles. The van der Waals surface area contributed by atoms with E-state index in [1.165, 1.54) is 6.42 Å². The number of rotatable bonds is 8. The van der Waals surface area contributed by atoms with Gasteiger partial charge in [-0.3, -0.25) is 0 Å². The summed E-state index contributed by atoms with van der Waals surface area (Å²) in [5.74, 6) is 0.583. The Hall–Kier alpha value is -0.410. The second kappa shape index (κ2) is 8.70. The molecule has 3 heteroatoms. The van der Waals surface area contributed by atoms with Crippen molar-refractivity contribution in [1.29, 1.82) is 0 Å². The third-order valence-electron chi connectivity index (χ3n) is 3.27. The molecule has 1 atom stereocenters. The standard InChI is InChI=1S/C16H25BrFN/c1-4-11-19-15(10-5-7-12(2)3)13-8-6-9-14(17)16(13)18/h6,8-9,12,15,19H,4-5,7,10-11H2,1-3H3. The third kappa shape index (κ3) is 5.62. The first kappa shape index (κ1) is 16.6. The Morgan fingerprint density at radius 1 is 1.26 bits per heavy atom. The molecule has 0 heterocycles. The van der Waals surface area contributed by atoms with E-state index in [0.29, 0.717) is 10.4 Å². The maximum atomic E-state index is 14.2. The summed E-state index contributed by atoms with van der Waals surface area (Å²) in [5, 5.41) is 3.47. The zero-order chi connectivity index (χ0) is 14.3. The lowest BCUT2D eigenvalue weighted by atomic mass is 9.97. The van der Waals surface area contributed by atoms with Crippen LogP contribution in [0.4, 0.5) is 4.39 Å². The van der Waals surface area contributed by atoms with Gasteiger partial charge in [0.2, 0.25) is 0 Å². The highest BCUT2D eigenvalue weighted by Gasteiger charge is 2.16. The molecule has 1 aromatic rings. The predicted octanol–water partition coefficient (Wildman–Crippen LogP) is 5.46. The van der Waals surface area contributed by atoms with Gasteiger partial charge < -0.3 is 5.32 Å². The first-order valence-corrected chi connectivity index (χ1v) is 8.02. The van der Waals surface area contributed by atoms with E-state index in [0.717, 1.165) is 31.4 Å². The van der Waals surface area contributed by atoms with Crippen LogP contribution in [0.2, 0.25) is 0 Å². The summed E-state index contributed by atoms with van der Waals surface area (Å²) < 4.78 is 14.7. The molecule has 1 aromatic carbocycles. The van der Waals surface area contributed by atoms with Gasteiger partial charge in [-0.2, -0.15) is 0 Å². The molecule has 108 valence electrons. The molecule has 0 aliphatic heterocycles. The Kier molecular flexibility index (Phi) is 7.62. The SMILES string of the molecule is CCCNC(CCCC(C)C)c1cccc(Br)c1F. The van der Waals surface area contributed by atoms with Crippen molar-refractivity contribution in [2.75, 3.05) is 6.54 Å². The molecular formula is C16H25BrFN. The van der Waals surface area contributed by atoms with Gasteiger partial charge in [0.15, 0.2) is 0 Å². The molecule has 0 aromatic heterocycles. The quantitative estimate of drug-likeness (QED) is 0.668. The Balaban J connectivity index is 2.74. The maximum absolute atomic E-state index is 14.2. The Morgan fingerprint density at radius 2 is 2.00 bits per heavy atom. The summed E-state index contributed by atoms with van der Waals surface area (Å²) in [6.07, 6.45) is 4.38. The average molecular weight is 330 g/mol. The summed E-state index contributed by atoms with van der Waals surface area (Å²) in [4.78, 5) is 0. The van der Waals surface area contributed by atoms with E-state index in [-0.39, 0.29) is 11.9 Å². The van der Waals surface area contributed by atoms with Crippen LogP contribution in [0.25, 0.3) is 0 Å². The number of nitrogens with one attached hydrogen (secondary N) is 1. The van der Waals surface area contributed by atoms with Crippen LogP contribution in [0, 0.1) is 11.7 Å². The van der Waals surface area contributed by atoms with Gasteiger partial charge >= 0.3 is 0 Å². The highest BCUT2D eigenvalue weighted by Crippen LogP contribution is 2.27. The molecule has 0 saturated carbocycles. The fourth-order valence-corrected chi connectivity index (χ4v) is 2.59. The van der Waals surface area contributed by atoms with Crippen molar-refractivity contribution in [3.05, 3.63) is 34.1 Å². The minimum atomic E-state index is -0.124. The van der Waals surface area contributed by atoms with Crippen molar-refractivity contribution in [3.8, 4) is 0 Å². The van der Waals surface area contributed by atoms with Gasteiger partial charge in [0, 0.05) is 11.6 Å². The van der Waals surface area contributed by atoms with E-state index in [4.69, 9.17) is 0 Å². The van der Waals surface area contributed by atoms with Crippen LogP contribution in [0.5, 0.6) is 0 Å². The summed E-state index contributed by atoms with van der Waals surface area (Å²) in [5.41, 5.74) is 0.784. The lowest BCUT2D eigenvalue weighted by Crippen LogP contribution is -2.23. The Labute approximate surface area is 125 Å². The smallest absolute Gasteiger partial charge is 0.142 e. The second-order valence-electron chi connectivity index (χ2n) is 5.47. The zero-order valence-corrected chi connectivity index (χ0v) is 13.8. The van der Waals surface area contributed by atoms with Crippen LogP contribution in [0.3, 0.4) is 0 Å². The predicted molar refractivity (Wildman–Crippen MR) is 83.8 cm³/mol. The molecule has 1 nitrogen and oxygen atoms in total. The second-order valence-corrected chi connectivity index (χ2v) is 6.33. The molecule has 0 amide bonds. The highest BCUT2D eigenvalue weighted by atomic mass is 79.9. The lowest BCUT2D eigenvalue weighted by molar-refractivity contribution is 0.433. The maximum Gasteiger partial charge on any atom is 0.142 e. The van der Waals surface area contributed by atoms with Crippen molar-refractivity contribution < 1.29 is 4.39 Å². The first-order valence-electron chi connectivity index (χ1n) is 7.23. The van der Waals surface area contributed by atoms with Crippen molar-refractivity contribution in [2.45, 2.75) is 52.5 Å². The van der Waals surface area contributed by atoms with Crippen molar-refractivity contribution >= 4 is 15.9 Å². The van der Waals surface area contributed by atoms with Gasteiger partial charge in [-0.25, -0.2) is 4.39 Å². The molecule has 0 fully saturated rings. The van der Waals surface area contributed by atoms with E-state index in [9.17, 15) is 4.39 Å². The monoisotopic (exact) mass is 329 g/mol. The molecule has 0 bridgehead atoms. The molecule has 19 heavy (non-hydrogen) atoms. The molecule has 1 unspecified atom stereocenters. The van der Waals surface area contributed by atoms with Gasteiger partial charge in [-0.1, -0.05) is 45.7 Å². The normalized spacial score (nSPS) is 12.9. The van der Waals surface area contributed by atoms with Gasteiger partial charge in [-0.15, -0.1) is 0 Å². The minimum absolute atomic E-state index is 0.121. The topological polar surface area (TPSA) is 12.0 Å². The summed E-state index contributed by atoms with van der Waals surface area (Å²) in [6, 6.07) is 5.68. The Bertz CT molecular complexity index is 379. The number of halogens is 2. The van der Waals surface area contributed by atoms with Gasteiger partial charge in [-0.05, 0) is 47.3 Å². The molecule has 0 aliphatic rings. The van der Waals surface area contributed by atoms with Gasteiger partial charge in [0.05, 0.1) is 4.47 Å². The summed E-state index contributed by atoms with van der Waals surface area (Å²) >= 11 is 3.27. The number of hydrogen-bond acceptors (Lipinski definition) is 1. The van der Waals surface area contributed by atoms with Gasteiger partial charge in [0.25, 0.3) is 0 Å². The fraction of sp³-hybridized carbons (Fsp3) is 0.625. The number of benzene rings is 1. The average Bonchev–Trinajstić information content (AvgIpc) is 2.37. The van der Waals surface area contributed by atoms with E-state index < -0.39 is 0 Å². The fourth-order valence-electron chi connectivity index (χ4n) is 2.21. The molecular weight excluding hydrogens is 305 g/mol. The van der Waals surface area contributed by atoms with E-state index in [2.05, 4.69) is 42.0 Å². The molecule has 0 aliphatic carbocycles. The Morgan fingerprint density at radius 3 is 2.63 bits per heavy atom. The van der Waals surface area contributed by atoms with Crippen LogP contribution in [-0.2, 0) is 0 Å². The van der Waals surface area contributed by atoms with Crippen LogP contribution in [0.1, 0.15) is 58.1 Å². The van der Waals surface area contributed by atoms with Crippen LogP contribution in [0.15, 0.2) is 22.7 Å². The van der Waals surface area contributed by atoms with E-state index in [1.54, 1.807) is 6.07 Å². The van der Waals surface area contributed by atoms with Crippen LogP contribution >= 0.6 is 15.9 Å².